The SMILES string of the molecule is CCCCOCCOCC(O)COc1ccc(-c2ccc(OCC(O)COC)cc2)cc1. The second-order valence-electron chi connectivity index (χ2n) is 7.47. The minimum Gasteiger partial charge on any atom is -0.491 e. The van der Waals surface area contributed by atoms with Crippen molar-refractivity contribution in [3.63, 3.8) is 0 Å². The van der Waals surface area contributed by atoms with E-state index in [4.69, 9.17) is 23.7 Å². The smallest absolute Gasteiger partial charge is 0.119 e. The number of aliphatic hydroxyl groups is 2. The summed E-state index contributed by atoms with van der Waals surface area (Å²) in [5.41, 5.74) is 2.08. The van der Waals surface area contributed by atoms with Crippen molar-refractivity contribution in [2.24, 2.45) is 0 Å². The van der Waals surface area contributed by atoms with Crippen LogP contribution in [0.1, 0.15) is 19.8 Å². The molecule has 32 heavy (non-hydrogen) atoms. The van der Waals surface area contributed by atoms with Crippen LogP contribution in [-0.2, 0) is 14.2 Å². The Morgan fingerprint density at radius 2 is 1.16 bits per heavy atom. The lowest BCUT2D eigenvalue weighted by molar-refractivity contribution is -0.0111. The minimum atomic E-state index is -0.694. The molecule has 0 bridgehead atoms. The maximum absolute atomic E-state index is 9.99. The molecule has 0 spiro atoms. The second-order valence-corrected chi connectivity index (χ2v) is 7.47. The molecule has 0 heterocycles. The van der Waals surface area contributed by atoms with Gasteiger partial charge in [0.1, 0.15) is 36.9 Å². The molecule has 0 aliphatic carbocycles. The lowest BCUT2D eigenvalue weighted by Crippen LogP contribution is -2.24. The fourth-order valence-corrected chi connectivity index (χ4v) is 2.85. The van der Waals surface area contributed by atoms with E-state index in [1.807, 2.05) is 48.5 Å². The summed E-state index contributed by atoms with van der Waals surface area (Å²) in [6, 6.07) is 15.3. The van der Waals surface area contributed by atoms with Crippen LogP contribution in [0.15, 0.2) is 48.5 Å². The van der Waals surface area contributed by atoms with Crippen LogP contribution in [0.3, 0.4) is 0 Å². The molecule has 7 heteroatoms. The molecule has 7 nitrogen and oxygen atoms in total. The standard InChI is InChI=1S/C25H36O7/c1-3-4-13-29-14-15-30-17-23(27)19-32-25-11-7-21(8-12-25)20-5-9-24(10-6-20)31-18-22(26)16-28-2/h5-12,22-23,26-27H,3-4,13-19H2,1-2H3. The first kappa shape index (κ1) is 26.1. The maximum Gasteiger partial charge on any atom is 0.119 e. The van der Waals surface area contributed by atoms with Crippen molar-refractivity contribution in [3.05, 3.63) is 48.5 Å². The molecule has 0 amide bonds. The van der Waals surface area contributed by atoms with Gasteiger partial charge in [0.25, 0.3) is 0 Å². The van der Waals surface area contributed by atoms with Crippen molar-refractivity contribution in [2.75, 3.05) is 53.4 Å². The zero-order valence-corrected chi connectivity index (χ0v) is 19.1. The van der Waals surface area contributed by atoms with Crippen molar-refractivity contribution in [3.8, 4) is 22.6 Å². The first-order chi connectivity index (χ1) is 15.6. The Hall–Kier alpha value is -2.16. The zero-order chi connectivity index (χ0) is 23.0. The van der Waals surface area contributed by atoms with Crippen LogP contribution < -0.4 is 9.47 Å². The van der Waals surface area contributed by atoms with Crippen molar-refractivity contribution in [2.45, 2.75) is 32.0 Å². The molecule has 0 aromatic heterocycles. The first-order valence-corrected chi connectivity index (χ1v) is 11.1. The Balaban J connectivity index is 1.69. The van der Waals surface area contributed by atoms with E-state index in [-0.39, 0.29) is 26.4 Å². The largest absolute Gasteiger partial charge is 0.491 e. The molecule has 2 aromatic rings. The summed E-state index contributed by atoms with van der Waals surface area (Å²) in [5.74, 6) is 1.37. The Labute approximate surface area is 190 Å². The summed E-state index contributed by atoms with van der Waals surface area (Å²) < 4.78 is 26.9. The number of methoxy groups -OCH3 is 1. The van der Waals surface area contributed by atoms with Gasteiger partial charge < -0.3 is 33.9 Å². The summed E-state index contributed by atoms with van der Waals surface area (Å²) in [4.78, 5) is 0. The van der Waals surface area contributed by atoms with Crippen LogP contribution in [0.25, 0.3) is 11.1 Å². The van der Waals surface area contributed by atoms with E-state index in [0.717, 1.165) is 30.6 Å². The van der Waals surface area contributed by atoms with Gasteiger partial charge >= 0.3 is 0 Å². The highest BCUT2D eigenvalue weighted by molar-refractivity contribution is 5.64. The minimum absolute atomic E-state index is 0.164. The van der Waals surface area contributed by atoms with Gasteiger partial charge in [0, 0.05) is 13.7 Å². The number of unbranched alkanes of at least 4 members (excludes halogenated alkanes) is 1. The van der Waals surface area contributed by atoms with Gasteiger partial charge in [0.15, 0.2) is 0 Å². The van der Waals surface area contributed by atoms with Crippen LogP contribution in [0.5, 0.6) is 11.5 Å². The normalized spacial score (nSPS) is 13.0. The third-order valence-corrected chi connectivity index (χ3v) is 4.61. The average molecular weight is 449 g/mol. The van der Waals surface area contributed by atoms with Gasteiger partial charge in [-0.3, -0.25) is 0 Å². The third kappa shape index (κ3) is 10.4. The Kier molecular flexibility index (Phi) is 12.7. The molecule has 0 radical (unpaired) electrons. The number of hydrogen-bond acceptors (Lipinski definition) is 7. The third-order valence-electron chi connectivity index (χ3n) is 4.61. The first-order valence-electron chi connectivity index (χ1n) is 11.1. The van der Waals surface area contributed by atoms with Gasteiger partial charge in [-0.25, -0.2) is 0 Å². The van der Waals surface area contributed by atoms with E-state index in [9.17, 15) is 10.2 Å². The molecule has 0 aliphatic heterocycles. The summed E-state index contributed by atoms with van der Waals surface area (Å²) in [7, 11) is 1.54. The van der Waals surface area contributed by atoms with E-state index in [0.29, 0.717) is 24.7 Å². The molecule has 0 fully saturated rings. The molecular weight excluding hydrogens is 412 g/mol. The van der Waals surface area contributed by atoms with Crippen LogP contribution in [0, 0.1) is 0 Å². The molecular formula is C25H36O7. The molecule has 2 rings (SSSR count). The molecule has 2 atom stereocenters. The van der Waals surface area contributed by atoms with Crippen molar-refractivity contribution >= 4 is 0 Å². The average Bonchev–Trinajstić information content (AvgIpc) is 2.82. The second kappa shape index (κ2) is 15.6. The van der Waals surface area contributed by atoms with E-state index in [1.165, 1.54) is 7.11 Å². The summed E-state index contributed by atoms with van der Waals surface area (Å²) >= 11 is 0. The van der Waals surface area contributed by atoms with E-state index >= 15 is 0 Å². The lowest BCUT2D eigenvalue weighted by Gasteiger charge is -2.13. The van der Waals surface area contributed by atoms with Gasteiger partial charge in [-0.1, -0.05) is 37.6 Å². The van der Waals surface area contributed by atoms with E-state index in [2.05, 4.69) is 6.92 Å². The summed E-state index contributed by atoms with van der Waals surface area (Å²) in [6.07, 6.45) is 0.817. The Morgan fingerprint density at radius 3 is 1.66 bits per heavy atom. The topological polar surface area (TPSA) is 86.6 Å². The Morgan fingerprint density at radius 1 is 0.656 bits per heavy atom. The van der Waals surface area contributed by atoms with E-state index < -0.39 is 12.2 Å². The van der Waals surface area contributed by atoms with Crippen LogP contribution in [0.2, 0.25) is 0 Å². The number of ether oxygens (including phenoxy) is 5. The highest BCUT2D eigenvalue weighted by atomic mass is 16.5. The molecule has 0 saturated carbocycles. The predicted octanol–water partition coefficient (Wildman–Crippen LogP) is 3.31. The molecule has 2 unspecified atom stereocenters. The van der Waals surface area contributed by atoms with Gasteiger partial charge in [-0.15, -0.1) is 0 Å². The van der Waals surface area contributed by atoms with Crippen molar-refractivity contribution < 1.29 is 33.9 Å². The van der Waals surface area contributed by atoms with Crippen LogP contribution in [-0.4, -0.2) is 75.8 Å². The van der Waals surface area contributed by atoms with Crippen LogP contribution in [0.4, 0.5) is 0 Å². The monoisotopic (exact) mass is 448 g/mol. The molecule has 0 saturated heterocycles. The Bertz CT molecular complexity index is 718. The number of benzene rings is 2. The molecule has 178 valence electrons. The fourth-order valence-electron chi connectivity index (χ4n) is 2.85. The number of hydrogen-bond donors (Lipinski definition) is 2. The van der Waals surface area contributed by atoms with Crippen LogP contribution >= 0.6 is 0 Å². The van der Waals surface area contributed by atoms with Gasteiger partial charge in [0.2, 0.25) is 0 Å². The van der Waals surface area contributed by atoms with Gasteiger partial charge in [-0.2, -0.15) is 0 Å². The highest BCUT2D eigenvalue weighted by Gasteiger charge is 2.07. The number of aliphatic hydroxyl groups excluding tert-OH is 2. The number of rotatable bonds is 17. The van der Waals surface area contributed by atoms with Crippen molar-refractivity contribution in [1.82, 2.24) is 0 Å². The maximum atomic E-state index is 9.99. The lowest BCUT2D eigenvalue weighted by atomic mass is 10.1. The molecule has 2 aromatic carbocycles. The quantitative estimate of drug-likeness (QED) is 0.359. The molecule has 0 aliphatic rings. The van der Waals surface area contributed by atoms with Gasteiger partial charge in [-0.05, 0) is 41.8 Å². The fraction of sp³-hybridized carbons (Fsp3) is 0.520. The zero-order valence-electron chi connectivity index (χ0n) is 19.1. The predicted molar refractivity (Wildman–Crippen MR) is 123 cm³/mol. The van der Waals surface area contributed by atoms with Crippen molar-refractivity contribution in [1.29, 1.82) is 0 Å². The summed E-state index contributed by atoms with van der Waals surface area (Å²) in [5, 5.41) is 19.6. The molecule has 2 N–H and O–H groups in total. The highest BCUT2D eigenvalue weighted by Crippen LogP contribution is 2.24. The summed E-state index contributed by atoms with van der Waals surface area (Å²) in [6.45, 7) is 4.68. The van der Waals surface area contributed by atoms with Gasteiger partial charge in [0.05, 0.1) is 26.4 Å². The van der Waals surface area contributed by atoms with E-state index in [1.54, 1.807) is 0 Å².